The van der Waals surface area contributed by atoms with Gasteiger partial charge in [-0.25, -0.2) is 0 Å². The van der Waals surface area contributed by atoms with Gasteiger partial charge in [-0.3, -0.25) is 0 Å². The van der Waals surface area contributed by atoms with Crippen molar-refractivity contribution in [2.24, 2.45) is 5.92 Å². The van der Waals surface area contributed by atoms with Crippen molar-refractivity contribution in [2.45, 2.75) is 38.0 Å². The molecule has 0 aliphatic heterocycles. The summed E-state index contributed by atoms with van der Waals surface area (Å²) in [6, 6.07) is 14.5. The minimum absolute atomic E-state index is 0.318. The molecule has 0 aromatic heterocycles. The first kappa shape index (κ1) is 15.7. The Bertz CT molecular complexity index is 921. The molecule has 0 spiro atoms. The molecule has 0 saturated heterocycles. The summed E-state index contributed by atoms with van der Waals surface area (Å²) >= 11 is 0. The number of allylic oxidation sites excluding steroid dienone is 5. The van der Waals surface area contributed by atoms with Crippen molar-refractivity contribution in [2.75, 3.05) is 0 Å². The Kier molecular flexibility index (Phi) is 3.81. The Morgan fingerprint density at radius 1 is 0.885 bits per heavy atom. The van der Waals surface area contributed by atoms with E-state index in [0.717, 1.165) is 12.3 Å². The molecule has 26 heavy (non-hydrogen) atoms. The van der Waals surface area contributed by atoms with Crippen LogP contribution in [0.2, 0.25) is 0 Å². The van der Waals surface area contributed by atoms with E-state index in [-0.39, 0.29) is 0 Å². The van der Waals surface area contributed by atoms with Crippen LogP contribution < -0.4 is 0 Å². The van der Waals surface area contributed by atoms with E-state index in [1.54, 1.807) is 12.1 Å². The SMILES string of the molecule is Oc1ccc(C2=CCC(c3ccc4c(c3)C=CC4C3CCCC3)=C2)cc1. The van der Waals surface area contributed by atoms with Gasteiger partial charge in [0.05, 0.1) is 0 Å². The maximum atomic E-state index is 9.48. The minimum atomic E-state index is 0.318. The van der Waals surface area contributed by atoms with E-state index in [0.29, 0.717) is 11.7 Å². The predicted molar refractivity (Wildman–Crippen MR) is 109 cm³/mol. The van der Waals surface area contributed by atoms with E-state index in [4.69, 9.17) is 0 Å². The van der Waals surface area contributed by atoms with Crippen molar-refractivity contribution >= 4 is 17.2 Å². The molecule has 0 amide bonds. The molecular weight excluding hydrogens is 316 g/mol. The standard InChI is InChI=1S/C25H24O/c26-23-11-7-17(8-12-23)19-5-6-20(15-19)21-9-13-25-22(16-21)10-14-24(25)18-3-1-2-4-18/h5,7-16,18,24,26H,1-4,6H2. The summed E-state index contributed by atoms with van der Waals surface area (Å²) in [5.74, 6) is 1.82. The van der Waals surface area contributed by atoms with Crippen LogP contribution in [0.15, 0.2) is 60.7 Å². The van der Waals surface area contributed by atoms with Crippen LogP contribution in [0.4, 0.5) is 0 Å². The molecule has 2 aromatic rings. The maximum Gasteiger partial charge on any atom is 0.115 e. The van der Waals surface area contributed by atoms with Crippen LogP contribution in [-0.4, -0.2) is 5.11 Å². The lowest BCUT2D eigenvalue weighted by atomic mass is 9.86. The zero-order valence-electron chi connectivity index (χ0n) is 15.0. The van der Waals surface area contributed by atoms with E-state index in [2.05, 4.69) is 42.5 Å². The summed E-state index contributed by atoms with van der Waals surface area (Å²) in [5.41, 5.74) is 8.09. The number of fused-ring (bicyclic) bond motifs is 1. The average molecular weight is 340 g/mol. The molecule has 0 radical (unpaired) electrons. The summed E-state index contributed by atoms with van der Waals surface area (Å²) in [5, 5.41) is 9.48. The Morgan fingerprint density at radius 2 is 1.65 bits per heavy atom. The molecule has 1 N–H and O–H groups in total. The number of aromatic hydroxyl groups is 1. The van der Waals surface area contributed by atoms with Crippen molar-refractivity contribution in [3.8, 4) is 5.75 Å². The van der Waals surface area contributed by atoms with Gasteiger partial charge in [0, 0.05) is 5.92 Å². The molecule has 1 unspecified atom stereocenters. The fourth-order valence-corrected chi connectivity index (χ4v) is 4.84. The van der Waals surface area contributed by atoms with Gasteiger partial charge in [0.15, 0.2) is 0 Å². The predicted octanol–water partition coefficient (Wildman–Crippen LogP) is 6.56. The molecule has 2 aromatic carbocycles. The third-order valence-electron chi connectivity index (χ3n) is 6.28. The fourth-order valence-electron chi connectivity index (χ4n) is 4.84. The zero-order chi connectivity index (χ0) is 17.5. The molecule has 1 saturated carbocycles. The number of phenolic OH excluding ortho intramolecular Hbond substituents is 1. The molecule has 0 bridgehead atoms. The second-order valence-electron chi connectivity index (χ2n) is 7.85. The van der Waals surface area contributed by atoms with Gasteiger partial charge in [-0.15, -0.1) is 0 Å². The summed E-state index contributed by atoms with van der Waals surface area (Å²) < 4.78 is 0. The van der Waals surface area contributed by atoms with Crippen molar-refractivity contribution in [3.63, 3.8) is 0 Å². The Hall–Kier alpha value is -2.54. The Balaban J connectivity index is 1.40. The van der Waals surface area contributed by atoms with Crippen molar-refractivity contribution in [1.82, 2.24) is 0 Å². The largest absolute Gasteiger partial charge is 0.508 e. The highest BCUT2D eigenvalue weighted by molar-refractivity contribution is 5.90. The first-order valence-electron chi connectivity index (χ1n) is 9.80. The van der Waals surface area contributed by atoms with Gasteiger partial charge >= 0.3 is 0 Å². The van der Waals surface area contributed by atoms with Gasteiger partial charge in [0.25, 0.3) is 0 Å². The number of hydrogen-bond donors (Lipinski definition) is 1. The monoisotopic (exact) mass is 340 g/mol. The highest BCUT2D eigenvalue weighted by atomic mass is 16.3. The smallest absolute Gasteiger partial charge is 0.115 e. The highest BCUT2D eigenvalue weighted by Crippen LogP contribution is 2.44. The first-order chi connectivity index (χ1) is 12.8. The van der Waals surface area contributed by atoms with Crippen LogP contribution in [0, 0.1) is 5.92 Å². The average Bonchev–Trinajstić information content (AvgIpc) is 3.41. The molecular formula is C25H24O. The van der Waals surface area contributed by atoms with Gasteiger partial charge in [-0.2, -0.15) is 0 Å². The lowest BCUT2D eigenvalue weighted by Gasteiger charge is -2.18. The molecule has 3 aliphatic carbocycles. The number of phenols is 1. The van der Waals surface area contributed by atoms with Crippen LogP contribution in [0.1, 0.15) is 60.3 Å². The van der Waals surface area contributed by atoms with E-state index in [1.807, 2.05) is 12.1 Å². The van der Waals surface area contributed by atoms with Crippen LogP contribution in [0.3, 0.4) is 0 Å². The second kappa shape index (κ2) is 6.32. The number of rotatable bonds is 3. The van der Waals surface area contributed by atoms with Crippen molar-refractivity contribution in [1.29, 1.82) is 0 Å². The summed E-state index contributed by atoms with van der Waals surface area (Å²) in [6.07, 6.45) is 15.9. The van der Waals surface area contributed by atoms with E-state index < -0.39 is 0 Å². The molecule has 1 heteroatoms. The molecule has 1 atom stereocenters. The van der Waals surface area contributed by atoms with Crippen LogP contribution in [0.25, 0.3) is 17.2 Å². The topological polar surface area (TPSA) is 20.2 Å². The molecule has 5 rings (SSSR count). The van der Waals surface area contributed by atoms with Gasteiger partial charge in [0.1, 0.15) is 5.75 Å². The van der Waals surface area contributed by atoms with Gasteiger partial charge < -0.3 is 5.11 Å². The Morgan fingerprint density at radius 3 is 2.46 bits per heavy atom. The van der Waals surface area contributed by atoms with E-state index >= 15 is 0 Å². The van der Waals surface area contributed by atoms with Crippen LogP contribution in [0.5, 0.6) is 5.75 Å². The molecule has 0 heterocycles. The lowest BCUT2D eigenvalue weighted by molar-refractivity contribution is 0.475. The second-order valence-corrected chi connectivity index (χ2v) is 7.85. The summed E-state index contributed by atoms with van der Waals surface area (Å²) in [7, 11) is 0. The minimum Gasteiger partial charge on any atom is -0.508 e. The third-order valence-corrected chi connectivity index (χ3v) is 6.28. The van der Waals surface area contributed by atoms with E-state index in [1.165, 1.54) is 59.1 Å². The van der Waals surface area contributed by atoms with Gasteiger partial charge in [0.2, 0.25) is 0 Å². The van der Waals surface area contributed by atoms with Crippen LogP contribution >= 0.6 is 0 Å². The molecule has 1 nitrogen and oxygen atoms in total. The van der Waals surface area contributed by atoms with Gasteiger partial charge in [-0.05, 0) is 76.8 Å². The quantitative estimate of drug-likeness (QED) is 0.670. The fraction of sp³-hybridized carbons (Fsp3) is 0.280. The normalized spacial score (nSPS) is 21.8. The summed E-state index contributed by atoms with van der Waals surface area (Å²) in [4.78, 5) is 0. The van der Waals surface area contributed by atoms with Gasteiger partial charge in [-0.1, -0.05) is 61.4 Å². The summed E-state index contributed by atoms with van der Waals surface area (Å²) in [6.45, 7) is 0. The van der Waals surface area contributed by atoms with Crippen molar-refractivity contribution < 1.29 is 5.11 Å². The lowest BCUT2D eigenvalue weighted by Crippen LogP contribution is -2.05. The third kappa shape index (κ3) is 2.72. The number of hydrogen-bond acceptors (Lipinski definition) is 1. The maximum absolute atomic E-state index is 9.48. The first-order valence-corrected chi connectivity index (χ1v) is 9.80. The highest BCUT2D eigenvalue weighted by Gasteiger charge is 2.28. The molecule has 1 fully saturated rings. The molecule has 130 valence electrons. The van der Waals surface area contributed by atoms with E-state index in [9.17, 15) is 5.11 Å². The zero-order valence-corrected chi connectivity index (χ0v) is 15.0. The Labute approximate surface area is 155 Å². The van der Waals surface area contributed by atoms with Crippen molar-refractivity contribution in [3.05, 3.63) is 82.9 Å². The number of benzene rings is 2. The molecule has 3 aliphatic rings. The van der Waals surface area contributed by atoms with Crippen LogP contribution in [-0.2, 0) is 0 Å².